The zero-order chi connectivity index (χ0) is 23.9. The third-order valence-corrected chi connectivity index (χ3v) is 6.19. The van der Waals surface area contributed by atoms with Gasteiger partial charge in [-0.3, -0.25) is 4.79 Å². The lowest BCUT2D eigenvalue weighted by atomic mass is 9.91. The summed E-state index contributed by atoms with van der Waals surface area (Å²) in [5, 5.41) is 19.3. The number of hydrogen-bond donors (Lipinski definition) is 2. The van der Waals surface area contributed by atoms with Gasteiger partial charge in [-0.25, -0.2) is 9.50 Å². The van der Waals surface area contributed by atoms with Crippen molar-refractivity contribution < 1.29 is 22.7 Å². The Balaban J connectivity index is 1.52. The van der Waals surface area contributed by atoms with Gasteiger partial charge < -0.3 is 15.4 Å². The van der Waals surface area contributed by atoms with Crippen molar-refractivity contribution in [2.75, 3.05) is 18.4 Å². The number of nitriles is 1. The molecule has 1 saturated carbocycles. The second-order valence-corrected chi connectivity index (χ2v) is 8.60. The average molecular weight is 470 g/mol. The molecule has 1 aliphatic carbocycles. The van der Waals surface area contributed by atoms with Gasteiger partial charge in [-0.2, -0.15) is 23.5 Å². The Hall–Kier alpha value is -3.65. The van der Waals surface area contributed by atoms with Crippen LogP contribution in [0.2, 0.25) is 0 Å². The molecule has 3 aromatic heterocycles. The molecular weight excluding hydrogens is 449 g/mol. The Bertz CT molecular complexity index is 1290. The number of pyridine rings is 2. The van der Waals surface area contributed by atoms with Crippen molar-refractivity contribution in [3.8, 4) is 22.9 Å². The molecular formula is C23H21F3N6O2. The monoisotopic (exact) mass is 470 g/mol. The second-order valence-electron chi connectivity index (χ2n) is 8.60. The van der Waals surface area contributed by atoms with Crippen LogP contribution < -0.4 is 15.4 Å². The number of nitrogens with one attached hydrogen (secondary N) is 2. The molecule has 11 heteroatoms. The van der Waals surface area contributed by atoms with Gasteiger partial charge in [-0.15, -0.1) is 0 Å². The van der Waals surface area contributed by atoms with E-state index in [0.29, 0.717) is 22.5 Å². The van der Waals surface area contributed by atoms with E-state index < -0.39 is 11.8 Å². The third kappa shape index (κ3) is 4.17. The minimum absolute atomic E-state index is 0.0252. The van der Waals surface area contributed by atoms with Crippen LogP contribution in [0.3, 0.4) is 0 Å². The summed E-state index contributed by atoms with van der Waals surface area (Å²) in [4.78, 5) is 16.0. The SMILES string of the molecule is N#Cc1cc(-c2ccn3nc(NC(=O)C4CC4)cc3c2)c(OC2(C(F)(F)F)CCNCC2)cn1. The van der Waals surface area contributed by atoms with Gasteiger partial charge in [0.25, 0.3) is 0 Å². The summed E-state index contributed by atoms with van der Waals surface area (Å²) in [5.41, 5.74) is -0.811. The minimum Gasteiger partial charge on any atom is -0.475 e. The highest BCUT2D eigenvalue weighted by molar-refractivity contribution is 5.93. The Morgan fingerprint density at radius 3 is 2.71 bits per heavy atom. The number of ether oxygens (including phenoxy) is 1. The smallest absolute Gasteiger partial charge is 0.428 e. The lowest BCUT2D eigenvalue weighted by Gasteiger charge is -2.39. The summed E-state index contributed by atoms with van der Waals surface area (Å²) < 4.78 is 49.4. The first kappa shape index (κ1) is 22.2. The summed E-state index contributed by atoms with van der Waals surface area (Å²) in [5.74, 6) is 0.289. The number of aromatic nitrogens is 3. The first-order chi connectivity index (χ1) is 16.3. The van der Waals surface area contributed by atoms with Crippen molar-refractivity contribution >= 4 is 17.2 Å². The second kappa shape index (κ2) is 8.29. The molecule has 1 aliphatic heterocycles. The Labute approximate surface area is 192 Å². The molecule has 3 aromatic rings. The lowest BCUT2D eigenvalue weighted by molar-refractivity contribution is -0.256. The maximum atomic E-state index is 14.1. The lowest BCUT2D eigenvalue weighted by Crippen LogP contribution is -2.56. The van der Waals surface area contributed by atoms with Crippen molar-refractivity contribution in [2.24, 2.45) is 5.92 Å². The molecule has 0 unspecified atom stereocenters. The molecule has 5 rings (SSSR count). The van der Waals surface area contributed by atoms with Crippen molar-refractivity contribution in [1.29, 1.82) is 5.26 Å². The van der Waals surface area contributed by atoms with Crippen molar-refractivity contribution in [3.05, 3.63) is 42.4 Å². The first-order valence-electron chi connectivity index (χ1n) is 11.0. The minimum atomic E-state index is -4.58. The van der Waals surface area contributed by atoms with Crippen LogP contribution in [0.1, 0.15) is 31.4 Å². The van der Waals surface area contributed by atoms with Crippen LogP contribution in [0.25, 0.3) is 16.6 Å². The maximum absolute atomic E-state index is 14.1. The highest BCUT2D eigenvalue weighted by Crippen LogP contribution is 2.43. The predicted molar refractivity (Wildman–Crippen MR) is 116 cm³/mol. The Morgan fingerprint density at radius 2 is 2.03 bits per heavy atom. The van der Waals surface area contributed by atoms with E-state index in [1.165, 1.54) is 12.3 Å². The van der Waals surface area contributed by atoms with Crippen LogP contribution in [0.15, 0.2) is 36.7 Å². The maximum Gasteiger partial charge on any atom is 0.428 e. The van der Waals surface area contributed by atoms with E-state index >= 15 is 0 Å². The van der Waals surface area contributed by atoms with Crippen LogP contribution in [-0.2, 0) is 4.79 Å². The van der Waals surface area contributed by atoms with E-state index in [2.05, 4.69) is 20.7 Å². The molecule has 4 heterocycles. The van der Waals surface area contributed by atoms with E-state index in [9.17, 15) is 23.2 Å². The molecule has 2 fully saturated rings. The molecule has 0 aromatic carbocycles. The zero-order valence-electron chi connectivity index (χ0n) is 18.0. The van der Waals surface area contributed by atoms with Gasteiger partial charge in [-0.1, -0.05) is 0 Å². The van der Waals surface area contributed by atoms with E-state index in [1.54, 1.807) is 28.9 Å². The van der Waals surface area contributed by atoms with Gasteiger partial charge in [0.05, 0.1) is 11.7 Å². The number of nitrogens with zero attached hydrogens (tertiary/aromatic N) is 4. The normalized spacial score (nSPS) is 17.8. The van der Waals surface area contributed by atoms with Crippen LogP contribution in [0.4, 0.5) is 19.0 Å². The topological polar surface area (TPSA) is 104 Å². The van der Waals surface area contributed by atoms with Crippen molar-refractivity contribution in [3.63, 3.8) is 0 Å². The van der Waals surface area contributed by atoms with E-state index in [1.807, 2.05) is 6.07 Å². The summed E-state index contributed by atoms with van der Waals surface area (Å²) in [6, 6.07) is 8.40. The Morgan fingerprint density at radius 1 is 1.26 bits per heavy atom. The van der Waals surface area contributed by atoms with Gasteiger partial charge in [0, 0.05) is 36.6 Å². The number of halogens is 3. The van der Waals surface area contributed by atoms with Crippen molar-refractivity contribution in [2.45, 2.75) is 37.5 Å². The van der Waals surface area contributed by atoms with E-state index in [0.717, 1.165) is 12.8 Å². The number of rotatable bonds is 5. The van der Waals surface area contributed by atoms with E-state index in [4.69, 9.17) is 4.74 Å². The summed E-state index contributed by atoms with van der Waals surface area (Å²) in [6.07, 6.45) is -0.508. The third-order valence-electron chi connectivity index (χ3n) is 6.19. The highest BCUT2D eigenvalue weighted by atomic mass is 19.4. The molecule has 0 spiro atoms. The van der Waals surface area contributed by atoms with Crippen LogP contribution in [0.5, 0.6) is 5.75 Å². The number of hydrogen-bond acceptors (Lipinski definition) is 6. The predicted octanol–water partition coefficient (Wildman–Crippen LogP) is 3.68. The number of carbonyl (C=O) groups excluding carboxylic acids is 1. The highest BCUT2D eigenvalue weighted by Gasteiger charge is 2.57. The summed E-state index contributed by atoms with van der Waals surface area (Å²) in [7, 11) is 0. The van der Waals surface area contributed by atoms with Gasteiger partial charge in [0.2, 0.25) is 11.5 Å². The summed E-state index contributed by atoms with van der Waals surface area (Å²) >= 11 is 0. The van der Waals surface area contributed by atoms with Crippen LogP contribution in [0, 0.1) is 17.2 Å². The Kier molecular flexibility index (Phi) is 5.40. The molecule has 0 radical (unpaired) electrons. The number of piperidine rings is 1. The molecule has 34 heavy (non-hydrogen) atoms. The fourth-order valence-corrected chi connectivity index (χ4v) is 4.09. The number of anilines is 1. The number of amides is 1. The molecule has 1 amide bonds. The van der Waals surface area contributed by atoms with Crippen LogP contribution >= 0.6 is 0 Å². The standard InChI is InChI=1S/C23H21F3N6O2/c24-23(25,26)22(4-6-28-7-5-22)34-19-13-29-16(12-27)10-18(19)15-3-8-32-17(9-15)11-20(31-32)30-21(33)14-1-2-14/h3,8-11,13-14,28H,1-2,4-7H2,(H,30,31,33). The van der Waals surface area contributed by atoms with Gasteiger partial charge in [-0.05, 0) is 49.7 Å². The fraction of sp³-hybridized carbons (Fsp3) is 0.391. The van der Waals surface area contributed by atoms with E-state index in [-0.39, 0.29) is 49.2 Å². The summed E-state index contributed by atoms with van der Waals surface area (Å²) in [6.45, 7) is 0.353. The number of fused-ring (bicyclic) bond motifs is 1. The molecule has 2 aliphatic rings. The number of alkyl halides is 3. The molecule has 8 nitrogen and oxygen atoms in total. The zero-order valence-corrected chi connectivity index (χ0v) is 18.0. The fourth-order valence-electron chi connectivity index (χ4n) is 4.09. The average Bonchev–Trinajstić information content (AvgIpc) is 3.59. The largest absolute Gasteiger partial charge is 0.475 e. The quantitative estimate of drug-likeness (QED) is 0.590. The molecule has 0 bridgehead atoms. The van der Waals surface area contributed by atoms with Gasteiger partial charge >= 0.3 is 6.18 Å². The van der Waals surface area contributed by atoms with Crippen molar-refractivity contribution in [1.82, 2.24) is 19.9 Å². The molecule has 1 saturated heterocycles. The molecule has 0 atom stereocenters. The first-order valence-corrected chi connectivity index (χ1v) is 11.0. The van der Waals surface area contributed by atoms with Crippen LogP contribution in [-0.4, -0.2) is 45.4 Å². The number of carbonyl (C=O) groups is 1. The molecule has 2 N–H and O–H groups in total. The van der Waals surface area contributed by atoms with Gasteiger partial charge in [0.1, 0.15) is 17.5 Å². The van der Waals surface area contributed by atoms with Gasteiger partial charge in [0.15, 0.2) is 5.82 Å². The molecule has 176 valence electrons.